The average Bonchev–Trinajstić information content (AvgIpc) is 1.19. The van der Waals surface area contributed by atoms with E-state index in [9.17, 15) is 0 Å². The molecule has 0 aliphatic carbocycles. The first-order valence-electron chi connectivity index (χ1n) is 1.72. The van der Waals surface area contributed by atoms with Gasteiger partial charge in [-0.25, -0.2) is 0 Å². The van der Waals surface area contributed by atoms with Crippen LogP contribution in [0.2, 0.25) is 0 Å². The fraction of sp³-hybridized carbons (Fsp3) is 1.00. The van der Waals surface area contributed by atoms with Crippen LogP contribution in [0, 0.1) is 0 Å². The maximum Gasteiger partial charge on any atom is 0.187 e. The lowest BCUT2D eigenvalue weighted by atomic mass is 10.9. The Labute approximate surface area is 84.3 Å². The second-order valence-corrected chi connectivity index (χ2v) is 5.86. The van der Waals surface area contributed by atoms with Gasteiger partial charge in [-0.1, -0.05) is 69.6 Å². The Bertz CT molecular complexity index is 45.1. The fourth-order valence-corrected chi connectivity index (χ4v) is 0. The second kappa shape index (κ2) is 6.45. The number of hydrogen-bond acceptors (Lipinski definition) is 0. The summed E-state index contributed by atoms with van der Waals surface area (Å²) in [6.45, 7) is 1.48. The van der Waals surface area contributed by atoms with Gasteiger partial charge in [-0.3, -0.25) is 0 Å². The molecule has 0 spiro atoms. The predicted octanol–water partition coefficient (Wildman–Crippen LogP) is 4.36. The van der Waals surface area contributed by atoms with E-state index < -0.39 is 8.09 Å². The van der Waals surface area contributed by atoms with E-state index in [-0.39, 0.29) is 0 Å². The van der Waals surface area contributed by atoms with E-state index in [2.05, 4.69) is 0 Å². The van der Waals surface area contributed by atoms with Crippen molar-refractivity contribution in [2.24, 2.45) is 0 Å². The summed E-state index contributed by atoms with van der Waals surface area (Å²) in [5.74, 6) is 0. The molecular formula is C3H4Cl6. The minimum Gasteiger partial charge on any atom is -0.0874 e. The molecule has 0 nitrogen and oxygen atoms in total. The van der Waals surface area contributed by atoms with Gasteiger partial charge in [-0.05, 0) is 6.92 Å². The van der Waals surface area contributed by atoms with Gasteiger partial charge in [-0.2, -0.15) is 0 Å². The van der Waals surface area contributed by atoms with Crippen molar-refractivity contribution in [2.75, 3.05) is 0 Å². The number of hydrogen-bond donors (Lipinski definition) is 0. The Morgan fingerprint density at radius 3 is 1.00 bits per heavy atom. The monoisotopic (exact) mass is 250 g/mol. The first-order chi connectivity index (χ1) is 3.73. The minimum absolute atomic E-state index is 0.750. The molecule has 0 aliphatic heterocycles. The van der Waals surface area contributed by atoms with Crippen LogP contribution < -0.4 is 0 Å². The molecule has 0 saturated heterocycles. The molecule has 0 amide bonds. The van der Waals surface area contributed by atoms with E-state index in [0.717, 1.165) is 0 Å². The Balaban J connectivity index is 0. The normalized spacial score (nSPS) is 10.7. The molecule has 0 unspecified atom stereocenters. The minimum atomic E-state index is -1.08. The smallest absolute Gasteiger partial charge is 0.0874 e. The highest BCUT2D eigenvalue weighted by atomic mass is 35.6. The fourth-order valence-electron chi connectivity index (χ4n) is 0. The van der Waals surface area contributed by atoms with Crippen LogP contribution in [0.25, 0.3) is 0 Å². The molecule has 0 rings (SSSR count). The molecule has 0 saturated carbocycles. The van der Waals surface area contributed by atoms with Gasteiger partial charge < -0.3 is 0 Å². The SMILES string of the molecule is CC(Cl)(Cl)Cl.ClC(Cl)Cl. The van der Waals surface area contributed by atoms with Crippen molar-refractivity contribution in [1.82, 2.24) is 0 Å². The molecule has 0 atom stereocenters. The zero-order valence-electron chi connectivity index (χ0n) is 4.35. The van der Waals surface area contributed by atoms with Crippen molar-refractivity contribution in [1.29, 1.82) is 0 Å². The third kappa shape index (κ3) is 193. The van der Waals surface area contributed by atoms with Crippen LogP contribution >= 0.6 is 69.6 Å². The molecule has 0 aliphatic rings. The first kappa shape index (κ1) is 13.3. The summed E-state index contributed by atoms with van der Waals surface area (Å²) >= 11 is 29.6. The molecule has 0 radical (unpaired) electrons. The van der Waals surface area contributed by atoms with Crippen molar-refractivity contribution in [3.63, 3.8) is 0 Å². The molecule has 58 valence electrons. The molecule has 0 bridgehead atoms. The summed E-state index contributed by atoms with van der Waals surface area (Å²) in [4.78, 5) is 0. The Morgan fingerprint density at radius 2 is 1.00 bits per heavy atom. The summed E-state index contributed by atoms with van der Waals surface area (Å²) < 4.78 is -1.83. The van der Waals surface area contributed by atoms with Gasteiger partial charge in [0.15, 0.2) is 8.09 Å². The van der Waals surface area contributed by atoms with Crippen molar-refractivity contribution in [3.8, 4) is 0 Å². The van der Waals surface area contributed by atoms with Crippen LogP contribution in [0.15, 0.2) is 0 Å². The first-order valence-corrected chi connectivity index (χ1v) is 4.16. The van der Waals surface area contributed by atoms with Crippen molar-refractivity contribution in [3.05, 3.63) is 0 Å². The average molecular weight is 253 g/mol. The van der Waals surface area contributed by atoms with Gasteiger partial charge in [0.25, 0.3) is 0 Å². The van der Waals surface area contributed by atoms with Crippen LogP contribution in [-0.4, -0.2) is 8.09 Å². The highest BCUT2D eigenvalue weighted by molar-refractivity contribution is 6.67. The van der Waals surface area contributed by atoms with Crippen molar-refractivity contribution in [2.45, 2.75) is 15.0 Å². The molecule has 0 heterocycles. The zero-order valence-corrected chi connectivity index (χ0v) is 8.88. The molecule has 6 heteroatoms. The van der Waals surface area contributed by atoms with Crippen LogP contribution in [-0.2, 0) is 0 Å². The summed E-state index contributed by atoms with van der Waals surface area (Å²) in [5, 5.41) is 0. The summed E-state index contributed by atoms with van der Waals surface area (Å²) in [7, 11) is 0. The predicted molar refractivity (Wildman–Crippen MR) is 47.3 cm³/mol. The topological polar surface area (TPSA) is 0 Å². The van der Waals surface area contributed by atoms with E-state index in [1.54, 1.807) is 0 Å². The van der Waals surface area contributed by atoms with E-state index in [1.807, 2.05) is 0 Å². The Morgan fingerprint density at radius 1 is 1.00 bits per heavy atom. The Hall–Kier alpha value is 1.74. The molecule has 0 aromatic carbocycles. The molecule has 0 N–H and O–H groups in total. The lowest BCUT2D eigenvalue weighted by molar-refractivity contribution is 1.27. The lowest BCUT2D eigenvalue weighted by Crippen LogP contribution is -1.87. The summed E-state index contributed by atoms with van der Waals surface area (Å²) in [6, 6.07) is 0. The lowest BCUT2D eigenvalue weighted by Gasteiger charge is -1.94. The molecule has 0 fully saturated rings. The van der Waals surface area contributed by atoms with E-state index >= 15 is 0 Å². The third-order valence-electron chi connectivity index (χ3n) is 0. The van der Waals surface area contributed by atoms with E-state index in [1.165, 1.54) is 6.92 Å². The van der Waals surface area contributed by atoms with Crippen LogP contribution in [0.4, 0.5) is 0 Å². The number of rotatable bonds is 0. The van der Waals surface area contributed by atoms with Gasteiger partial charge in [-0.15, -0.1) is 0 Å². The van der Waals surface area contributed by atoms with Gasteiger partial charge in [0.05, 0.1) is 0 Å². The van der Waals surface area contributed by atoms with E-state index in [4.69, 9.17) is 69.6 Å². The van der Waals surface area contributed by atoms with Gasteiger partial charge in [0.2, 0.25) is 0 Å². The summed E-state index contributed by atoms with van der Waals surface area (Å²) in [6.07, 6.45) is 0. The largest absolute Gasteiger partial charge is 0.187 e. The van der Waals surface area contributed by atoms with Crippen LogP contribution in [0.5, 0.6) is 0 Å². The van der Waals surface area contributed by atoms with Crippen LogP contribution in [0.3, 0.4) is 0 Å². The highest BCUT2D eigenvalue weighted by Gasteiger charge is 2.07. The highest BCUT2D eigenvalue weighted by Crippen LogP contribution is 2.23. The molecule has 9 heavy (non-hydrogen) atoms. The molecular weight excluding hydrogens is 249 g/mol. The zero-order chi connectivity index (χ0) is 8.08. The quantitative estimate of drug-likeness (QED) is 0.562. The van der Waals surface area contributed by atoms with Gasteiger partial charge >= 0.3 is 0 Å². The second-order valence-electron chi connectivity index (χ2n) is 1.03. The number of alkyl halides is 6. The third-order valence-corrected chi connectivity index (χ3v) is 0. The maximum atomic E-state index is 5.06. The molecule has 0 aromatic heterocycles. The number of halogens is 6. The van der Waals surface area contributed by atoms with Crippen molar-refractivity contribution >= 4 is 69.6 Å². The molecule has 0 aromatic rings. The van der Waals surface area contributed by atoms with E-state index in [0.29, 0.717) is 0 Å². The standard InChI is InChI=1S/C2H3Cl3.CHCl3/c1-2(3,4)5;2-1(3)4/h1H3;1H. The van der Waals surface area contributed by atoms with Gasteiger partial charge in [0, 0.05) is 0 Å². The van der Waals surface area contributed by atoms with Crippen molar-refractivity contribution < 1.29 is 0 Å². The van der Waals surface area contributed by atoms with Crippen LogP contribution in [0.1, 0.15) is 6.92 Å². The van der Waals surface area contributed by atoms with Gasteiger partial charge in [0.1, 0.15) is 0 Å². The summed E-state index contributed by atoms with van der Waals surface area (Å²) in [5.41, 5.74) is 0. The Kier molecular flexibility index (Phi) is 9.56. The maximum absolute atomic E-state index is 5.06.